The molecule has 0 unspecified atom stereocenters. The number of pyridine rings is 1. The standard InChI is InChI=1S/C28H23BrN3O2.ClH/c1-33-24-12-7-18(15-25(24)34-2)16-32-17-31-14-13-22-21-5-3-4-6-23(21)30-26(22)28(31)27(32)19-8-10-20(29)11-9-19;/h3-15,17,30H,16H2,1-2H3;1H/q+1;/p-1. The molecule has 3 aromatic carbocycles. The van der Waals surface area contributed by atoms with Gasteiger partial charge in [0.05, 0.1) is 25.9 Å². The Bertz CT molecular complexity index is 1670. The van der Waals surface area contributed by atoms with Crippen LogP contribution >= 0.6 is 15.9 Å². The van der Waals surface area contributed by atoms with Crippen LogP contribution in [0.2, 0.25) is 0 Å². The Morgan fingerprint density at radius 2 is 1.66 bits per heavy atom. The van der Waals surface area contributed by atoms with E-state index in [4.69, 9.17) is 9.47 Å². The molecule has 0 aliphatic rings. The lowest BCUT2D eigenvalue weighted by Crippen LogP contribution is -3.00. The van der Waals surface area contributed by atoms with Gasteiger partial charge in [0.15, 0.2) is 17.2 Å². The molecule has 35 heavy (non-hydrogen) atoms. The summed E-state index contributed by atoms with van der Waals surface area (Å²) in [5.74, 6) is 1.46. The van der Waals surface area contributed by atoms with Gasteiger partial charge < -0.3 is 26.9 Å². The first-order chi connectivity index (χ1) is 16.7. The number of halogens is 2. The Morgan fingerprint density at radius 1 is 0.886 bits per heavy atom. The van der Waals surface area contributed by atoms with Gasteiger partial charge in [-0.3, -0.25) is 0 Å². The minimum atomic E-state index is 0. The number of hydrogen-bond acceptors (Lipinski definition) is 2. The SMILES string of the molecule is COc1ccc(Cn2c[n+]3ccc4c5ccccc5[nH]c4c3c2-c2ccc(Br)cc2)cc1OC.[Cl-]. The molecule has 7 heteroatoms. The van der Waals surface area contributed by atoms with E-state index < -0.39 is 0 Å². The average molecular weight is 549 g/mol. The zero-order chi connectivity index (χ0) is 23.2. The second-order valence-electron chi connectivity index (χ2n) is 8.32. The van der Waals surface area contributed by atoms with Crippen molar-refractivity contribution in [2.24, 2.45) is 0 Å². The molecule has 0 aliphatic carbocycles. The molecule has 0 radical (unpaired) electrons. The molecule has 0 bridgehead atoms. The van der Waals surface area contributed by atoms with Crippen LogP contribution in [-0.2, 0) is 6.54 Å². The number of imidazole rings is 1. The monoisotopic (exact) mass is 547 g/mol. The van der Waals surface area contributed by atoms with Crippen molar-refractivity contribution >= 4 is 43.3 Å². The summed E-state index contributed by atoms with van der Waals surface area (Å²) < 4.78 is 16.5. The van der Waals surface area contributed by atoms with Crippen LogP contribution in [0.3, 0.4) is 0 Å². The molecule has 5 nitrogen and oxygen atoms in total. The van der Waals surface area contributed by atoms with Crippen LogP contribution in [-0.4, -0.2) is 23.8 Å². The van der Waals surface area contributed by atoms with Gasteiger partial charge in [0.1, 0.15) is 6.54 Å². The Hall–Kier alpha value is -3.48. The molecule has 0 atom stereocenters. The van der Waals surface area contributed by atoms with E-state index in [1.54, 1.807) is 14.2 Å². The Morgan fingerprint density at radius 3 is 2.43 bits per heavy atom. The van der Waals surface area contributed by atoms with Gasteiger partial charge in [0, 0.05) is 26.3 Å². The second-order valence-corrected chi connectivity index (χ2v) is 9.23. The molecule has 0 amide bonds. The van der Waals surface area contributed by atoms with E-state index in [0.717, 1.165) is 49.3 Å². The van der Waals surface area contributed by atoms with Crippen molar-refractivity contribution in [2.45, 2.75) is 6.54 Å². The fourth-order valence-electron chi connectivity index (χ4n) is 4.77. The van der Waals surface area contributed by atoms with Crippen LogP contribution in [0.4, 0.5) is 0 Å². The van der Waals surface area contributed by atoms with E-state index in [0.29, 0.717) is 6.54 Å². The molecule has 6 rings (SSSR count). The highest BCUT2D eigenvalue weighted by Crippen LogP contribution is 2.34. The van der Waals surface area contributed by atoms with Crippen LogP contribution in [0, 0.1) is 0 Å². The zero-order valence-corrected chi connectivity index (χ0v) is 21.6. The molecule has 0 spiro atoms. The summed E-state index contributed by atoms with van der Waals surface area (Å²) in [5, 5.41) is 2.45. The van der Waals surface area contributed by atoms with Crippen molar-refractivity contribution in [2.75, 3.05) is 14.2 Å². The molecule has 6 aromatic rings. The number of hydrogen-bond donors (Lipinski definition) is 1. The molecule has 0 fully saturated rings. The van der Waals surface area contributed by atoms with Crippen molar-refractivity contribution in [1.29, 1.82) is 0 Å². The predicted molar refractivity (Wildman–Crippen MR) is 139 cm³/mol. The number of fused-ring (bicyclic) bond motifs is 5. The molecule has 176 valence electrons. The van der Waals surface area contributed by atoms with E-state index >= 15 is 0 Å². The maximum atomic E-state index is 5.54. The number of benzene rings is 3. The van der Waals surface area contributed by atoms with Crippen LogP contribution in [0.25, 0.3) is 38.6 Å². The van der Waals surface area contributed by atoms with Gasteiger partial charge in [-0.1, -0.05) is 40.2 Å². The fourth-order valence-corrected chi connectivity index (χ4v) is 5.03. The van der Waals surface area contributed by atoms with E-state index in [1.807, 2.05) is 12.1 Å². The lowest BCUT2D eigenvalue weighted by atomic mass is 10.1. The summed E-state index contributed by atoms with van der Waals surface area (Å²) in [7, 11) is 3.32. The number of nitrogens with one attached hydrogen (secondary N) is 1. The van der Waals surface area contributed by atoms with Crippen molar-refractivity contribution < 1.29 is 26.3 Å². The summed E-state index contributed by atoms with van der Waals surface area (Å²) >= 11 is 3.58. The third-order valence-corrected chi connectivity index (χ3v) is 6.87. The average Bonchev–Trinajstić information content (AvgIpc) is 3.42. The van der Waals surface area contributed by atoms with Crippen molar-refractivity contribution in [3.8, 4) is 22.8 Å². The van der Waals surface area contributed by atoms with Crippen molar-refractivity contribution in [1.82, 2.24) is 9.55 Å². The van der Waals surface area contributed by atoms with Crippen LogP contribution < -0.4 is 26.3 Å². The van der Waals surface area contributed by atoms with E-state index in [-0.39, 0.29) is 12.4 Å². The highest BCUT2D eigenvalue weighted by molar-refractivity contribution is 9.10. The number of aromatic nitrogens is 3. The van der Waals surface area contributed by atoms with E-state index in [2.05, 4.69) is 103 Å². The fraction of sp³-hybridized carbons (Fsp3) is 0.107. The van der Waals surface area contributed by atoms with Gasteiger partial charge >= 0.3 is 0 Å². The number of rotatable bonds is 5. The smallest absolute Gasteiger partial charge is 0.249 e. The summed E-state index contributed by atoms with van der Waals surface area (Å²) in [6.45, 7) is 0.690. The topological polar surface area (TPSA) is 43.3 Å². The third kappa shape index (κ3) is 3.93. The molecule has 3 heterocycles. The van der Waals surface area contributed by atoms with Crippen LogP contribution in [0.5, 0.6) is 11.5 Å². The number of H-pyrrole nitrogens is 1. The summed E-state index contributed by atoms with van der Waals surface area (Å²) in [6, 6.07) is 25.2. The largest absolute Gasteiger partial charge is 1.00 e. The number of para-hydroxylation sites is 1. The molecule has 1 N–H and O–H groups in total. The maximum Gasteiger partial charge on any atom is 0.249 e. The van der Waals surface area contributed by atoms with Crippen LogP contribution in [0.1, 0.15) is 5.56 Å². The van der Waals surface area contributed by atoms with Crippen LogP contribution in [0.15, 0.2) is 89.8 Å². The number of methoxy groups -OCH3 is 2. The molecule has 3 aromatic heterocycles. The van der Waals surface area contributed by atoms with Gasteiger partial charge in [0.2, 0.25) is 11.8 Å². The molecule has 0 aliphatic heterocycles. The summed E-state index contributed by atoms with van der Waals surface area (Å²) in [5.41, 5.74) is 6.85. The Balaban J connectivity index is 0.00000253. The molecule has 0 saturated carbocycles. The highest BCUT2D eigenvalue weighted by Gasteiger charge is 2.24. The number of ether oxygens (including phenoxy) is 2. The van der Waals surface area contributed by atoms with Gasteiger partial charge in [0.25, 0.3) is 0 Å². The van der Waals surface area contributed by atoms with Gasteiger partial charge in [-0.15, -0.1) is 0 Å². The van der Waals surface area contributed by atoms with Gasteiger partial charge in [-0.2, -0.15) is 4.40 Å². The third-order valence-electron chi connectivity index (χ3n) is 6.34. The van der Waals surface area contributed by atoms with Gasteiger partial charge in [-0.05, 0) is 54.1 Å². The predicted octanol–water partition coefficient (Wildman–Crippen LogP) is 3.36. The first-order valence-electron chi connectivity index (χ1n) is 11.1. The quantitative estimate of drug-likeness (QED) is 0.336. The Kier molecular flexibility index (Phi) is 6.17. The maximum absolute atomic E-state index is 5.54. The van der Waals surface area contributed by atoms with E-state index in [9.17, 15) is 0 Å². The summed E-state index contributed by atoms with van der Waals surface area (Å²) in [4.78, 5) is 3.67. The lowest BCUT2D eigenvalue weighted by Gasteiger charge is -2.09. The highest BCUT2D eigenvalue weighted by atomic mass is 79.9. The summed E-state index contributed by atoms with van der Waals surface area (Å²) in [6.07, 6.45) is 4.31. The first-order valence-corrected chi connectivity index (χ1v) is 11.9. The lowest BCUT2D eigenvalue weighted by molar-refractivity contribution is -0.511. The molecular weight excluding hydrogens is 526 g/mol. The van der Waals surface area contributed by atoms with Crippen molar-refractivity contribution in [3.63, 3.8) is 0 Å². The normalized spacial score (nSPS) is 11.2. The second kappa shape index (κ2) is 9.29. The van der Waals surface area contributed by atoms with E-state index in [1.165, 1.54) is 10.8 Å². The first kappa shape index (κ1) is 23.3. The molecular formula is C28H23BrClN3O2. The van der Waals surface area contributed by atoms with Gasteiger partial charge in [-0.25, -0.2) is 4.57 Å². The Labute approximate surface area is 217 Å². The number of aromatic amines is 1. The van der Waals surface area contributed by atoms with Crippen molar-refractivity contribution in [3.05, 3.63) is 95.4 Å². The minimum absolute atomic E-state index is 0. The zero-order valence-electron chi connectivity index (χ0n) is 19.3. The minimum Gasteiger partial charge on any atom is -1.00 e. The number of nitrogens with zero attached hydrogens (tertiary/aromatic N) is 2. The molecule has 0 saturated heterocycles.